The third-order valence-corrected chi connectivity index (χ3v) is 3.13. The van der Waals surface area contributed by atoms with Crippen molar-refractivity contribution in [3.63, 3.8) is 0 Å². The van der Waals surface area contributed by atoms with Gasteiger partial charge < -0.3 is 11.5 Å². The highest BCUT2D eigenvalue weighted by Crippen LogP contribution is 2.29. The zero-order valence-corrected chi connectivity index (χ0v) is 11.0. The van der Waals surface area contributed by atoms with E-state index < -0.39 is 0 Å². The smallest absolute Gasteiger partial charge is 0.235 e. The van der Waals surface area contributed by atoms with E-state index in [0.717, 1.165) is 16.8 Å². The molecule has 0 aliphatic carbocycles. The summed E-state index contributed by atoms with van der Waals surface area (Å²) in [6.07, 6.45) is 2.81. The molecule has 1 heterocycles. The number of nitrogens with zero attached hydrogens (tertiary/aromatic N) is 5. The van der Waals surface area contributed by atoms with Crippen molar-refractivity contribution < 1.29 is 0 Å². The van der Waals surface area contributed by atoms with E-state index in [2.05, 4.69) is 15.2 Å². The number of guanidine groups is 1. The van der Waals surface area contributed by atoms with Crippen molar-refractivity contribution in [2.45, 2.75) is 0 Å². The number of anilines is 1. The first kappa shape index (κ1) is 13.4. The standard InChI is InChI=1S/C11H10N8S/c12-5-19(6-13)8-3-1-7(2-4-8)9-17-18-11(20-9)16-10(14)15/h1-5,12H,(H4,14,15,16,18). The molecule has 0 aliphatic heterocycles. The van der Waals surface area contributed by atoms with E-state index in [1.807, 2.05) is 6.19 Å². The molecule has 0 radical (unpaired) electrons. The molecule has 20 heavy (non-hydrogen) atoms. The first-order valence-corrected chi connectivity index (χ1v) is 6.19. The highest BCUT2D eigenvalue weighted by atomic mass is 32.1. The zero-order valence-electron chi connectivity index (χ0n) is 10.2. The van der Waals surface area contributed by atoms with Crippen LogP contribution < -0.4 is 16.4 Å². The van der Waals surface area contributed by atoms with Crippen molar-refractivity contribution in [2.75, 3.05) is 4.90 Å². The number of aliphatic imine (C=N–C) groups is 1. The summed E-state index contributed by atoms with van der Waals surface area (Å²) in [5, 5.41) is 24.8. The number of nitrogens with one attached hydrogen (secondary N) is 1. The van der Waals surface area contributed by atoms with Gasteiger partial charge in [0.1, 0.15) is 11.3 Å². The molecule has 0 fully saturated rings. The molecule has 0 bridgehead atoms. The van der Waals surface area contributed by atoms with Gasteiger partial charge in [0.15, 0.2) is 12.2 Å². The molecule has 1 aromatic carbocycles. The molecule has 2 rings (SSSR count). The molecule has 8 nitrogen and oxygen atoms in total. The van der Waals surface area contributed by atoms with Crippen LogP contribution in [0, 0.1) is 16.9 Å². The fourth-order valence-electron chi connectivity index (χ4n) is 1.41. The topological polar surface area (TPSA) is 141 Å². The van der Waals surface area contributed by atoms with Crippen LogP contribution >= 0.6 is 11.3 Å². The van der Waals surface area contributed by atoms with Gasteiger partial charge in [-0.1, -0.05) is 11.3 Å². The normalized spacial score (nSPS) is 9.55. The van der Waals surface area contributed by atoms with Crippen molar-refractivity contribution in [2.24, 2.45) is 16.5 Å². The van der Waals surface area contributed by atoms with Crippen LogP contribution in [0.3, 0.4) is 0 Å². The van der Waals surface area contributed by atoms with Crippen LogP contribution in [-0.2, 0) is 0 Å². The minimum Gasteiger partial charge on any atom is -0.370 e. The summed E-state index contributed by atoms with van der Waals surface area (Å²) in [5.41, 5.74) is 12.0. The number of aromatic nitrogens is 2. The van der Waals surface area contributed by atoms with Gasteiger partial charge in [-0.25, -0.2) is 4.90 Å². The maximum atomic E-state index is 8.82. The SMILES string of the molecule is N#CN(C=N)c1ccc(-c2nnc(N=C(N)N)s2)cc1. The van der Waals surface area contributed by atoms with Crippen molar-refractivity contribution in [1.82, 2.24) is 10.2 Å². The minimum absolute atomic E-state index is 0.0707. The molecule has 2 aromatic rings. The number of hydrogen-bond acceptors (Lipinski definition) is 6. The van der Waals surface area contributed by atoms with Gasteiger partial charge in [0.05, 0.1) is 5.69 Å². The summed E-state index contributed by atoms with van der Waals surface area (Å²) in [6.45, 7) is 0. The van der Waals surface area contributed by atoms with Crippen LogP contribution in [0.15, 0.2) is 29.3 Å². The predicted octanol–water partition coefficient (Wildman–Crippen LogP) is 1.00. The highest BCUT2D eigenvalue weighted by Gasteiger charge is 2.07. The van der Waals surface area contributed by atoms with Crippen molar-refractivity contribution in [3.8, 4) is 16.8 Å². The fourth-order valence-corrected chi connectivity index (χ4v) is 2.15. The molecule has 1 aromatic heterocycles. The molecule has 0 unspecified atom stereocenters. The summed E-state index contributed by atoms with van der Waals surface area (Å²) in [6, 6.07) is 6.99. The summed E-state index contributed by atoms with van der Waals surface area (Å²) >= 11 is 1.25. The average Bonchev–Trinajstić information content (AvgIpc) is 2.88. The Hall–Kier alpha value is -2.99. The highest BCUT2D eigenvalue weighted by molar-refractivity contribution is 7.18. The Balaban J connectivity index is 2.26. The van der Waals surface area contributed by atoms with E-state index in [4.69, 9.17) is 22.1 Å². The molecule has 100 valence electrons. The van der Waals surface area contributed by atoms with Gasteiger partial charge >= 0.3 is 0 Å². The van der Waals surface area contributed by atoms with E-state index in [9.17, 15) is 0 Å². The number of hydrogen-bond donors (Lipinski definition) is 3. The third kappa shape index (κ3) is 2.88. The maximum absolute atomic E-state index is 8.82. The number of rotatable bonds is 4. The number of nitriles is 1. The molecule has 9 heteroatoms. The van der Waals surface area contributed by atoms with Crippen LogP contribution in [0.5, 0.6) is 0 Å². The Kier molecular flexibility index (Phi) is 3.88. The summed E-state index contributed by atoms with van der Waals surface area (Å²) < 4.78 is 0. The molecule has 5 N–H and O–H groups in total. The Bertz CT molecular complexity index is 677. The van der Waals surface area contributed by atoms with E-state index in [1.165, 1.54) is 11.3 Å². The monoisotopic (exact) mass is 286 g/mol. The molecule has 0 atom stereocenters. The fraction of sp³-hybridized carbons (Fsp3) is 0. The second-order valence-corrected chi connectivity index (χ2v) is 4.53. The van der Waals surface area contributed by atoms with Crippen LogP contribution in [0.1, 0.15) is 0 Å². The van der Waals surface area contributed by atoms with Crippen molar-refractivity contribution in [1.29, 1.82) is 10.7 Å². The van der Waals surface area contributed by atoms with Gasteiger partial charge in [-0.2, -0.15) is 10.3 Å². The zero-order chi connectivity index (χ0) is 14.5. The third-order valence-electron chi connectivity index (χ3n) is 2.27. The van der Waals surface area contributed by atoms with Crippen LogP contribution in [0.2, 0.25) is 0 Å². The number of nitrogens with two attached hydrogens (primary N) is 2. The maximum Gasteiger partial charge on any atom is 0.235 e. The van der Waals surface area contributed by atoms with Gasteiger partial charge in [-0.15, -0.1) is 10.2 Å². The largest absolute Gasteiger partial charge is 0.370 e. The molecule has 0 saturated carbocycles. The summed E-state index contributed by atoms with van der Waals surface area (Å²) in [4.78, 5) is 4.95. The van der Waals surface area contributed by atoms with E-state index in [1.54, 1.807) is 24.3 Å². The molecule has 0 saturated heterocycles. The first-order chi connectivity index (χ1) is 9.63. The lowest BCUT2D eigenvalue weighted by molar-refractivity contribution is 1.08. The minimum atomic E-state index is -0.0707. The Morgan fingerprint density at radius 1 is 1.35 bits per heavy atom. The second-order valence-electron chi connectivity index (χ2n) is 3.57. The van der Waals surface area contributed by atoms with E-state index >= 15 is 0 Å². The Morgan fingerprint density at radius 3 is 2.60 bits per heavy atom. The molecular formula is C11H10N8S. The first-order valence-electron chi connectivity index (χ1n) is 5.37. The lowest BCUT2D eigenvalue weighted by atomic mass is 10.2. The van der Waals surface area contributed by atoms with Gasteiger partial charge in [-0.3, -0.25) is 5.41 Å². The summed E-state index contributed by atoms with van der Waals surface area (Å²) in [7, 11) is 0. The second kappa shape index (κ2) is 5.77. The van der Waals surface area contributed by atoms with Crippen LogP contribution in [0.4, 0.5) is 10.8 Å². The number of benzene rings is 1. The Labute approximate surface area is 118 Å². The Morgan fingerprint density at radius 2 is 2.05 bits per heavy atom. The molecule has 0 aliphatic rings. The van der Waals surface area contributed by atoms with E-state index in [0.29, 0.717) is 15.8 Å². The summed E-state index contributed by atoms with van der Waals surface area (Å²) in [5.74, 6) is -0.0707. The quantitative estimate of drug-likeness (QED) is 0.331. The van der Waals surface area contributed by atoms with Crippen LogP contribution in [0.25, 0.3) is 10.6 Å². The molecule has 0 amide bonds. The predicted molar refractivity (Wildman–Crippen MR) is 77.7 cm³/mol. The van der Waals surface area contributed by atoms with Gasteiger partial charge in [0.25, 0.3) is 0 Å². The van der Waals surface area contributed by atoms with E-state index in [-0.39, 0.29) is 5.96 Å². The van der Waals surface area contributed by atoms with Gasteiger partial charge in [0.2, 0.25) is 5.13 Å². The van der Waals surface area contributed by atoms with Gasteiger partial charge in [-0.05, 0) is 24.3 Å². The molecule has 0 spiro atoms. The average molecular weight is 286 g/mol. The lowest BCUT2D eigenvalue weighted by Crippen LogP contribution is -2.21. The van der Waals surface area contributed by atoms with Gasteiger partial charge in [0, 0.05) is 5.56 Å². The molecular weight excluding hydrogens is 276 g/mol. The van der Waals surface area contributed by atoms with Crippen molar-refractivity contribution in [3.05, 3.63) is 24.3 Å². The lowest BCUT2D eigenvalue weighted by Gasteiger charge is -2.08. The van der Waals surface area contributed by atoms with Crippen molar-refractivity contribution >= 4 is 34.5 Å². The van der Waals surface area contributed by atoms with Crippen LogP contribution in [-0.4, -0.2) is 22.5 Å².